The predicted molar refractivity (Wildman–Crippen MR) is 67.7 cm³/mol. The molecule has 2 nitrogen and oxygen atoms in total. The lowest BCUT2D eigenvalue weighted by Crippen LogP contribution is -2.32. The van der Waals surface area contributed by atoms with Crippen molar-refractivity contribution >= 4 is 5.78 Å². The van der Waals surface area contributed by atoms with Crippen molar-refractivity contribution in [3.63, 3.8) is 0 Å². The van der Waals surface area contributed by atoms with Gasteiger partial charge in [0.25, 0.3) is 0 Å². The van der Waals surface area contributed by atoms with Crippen molar-refractivity contribution in [3.8, 4) is 0 Å². The molecule has 1 aromatic carbocycles. The van der Waals surface area contributed by atoms with E-state index in [2.05, 4.69) is 0 Å². The number of carbonyl (C=O) groups excluding carboxylic acids is 1. The summed E-state index contributed by atoms with van der Waals surface area (Å²) in [6.45, 7) is 4.55. The molecule has 0 N–H and O–H groups in total. The van der Waals surface area contributed by atoms with Crippen molar-refractivity contribution in [2.24, 2.45) is 0 Å². The molecule has 0 aromatic heterocycles. The van der Waals surface area contributed by atoms with Crippen molar-refractivity contribution in [3.05, 3.63) is 47.7 Å². The Kier molecular flexibility index (Phi) is 3.32. The Balaban J connectivity index is 2.26. The lowest BCUT2D eigenvalue weighted by Gasteiger charge is -2.26. The minimum atomic E-state index is -0.523. The van der Waals surface area contributed by atoms with Gasteiger partial charge in [0.2, 0.25) is 5.78 Å². The van der Waals surface area contributed by atoms with Crippen LogP contribution < -0.4 is 0 Å². The van der Waals surface area contributed by atoms with E-state index in [1.165, 1.54) is 0 Å². The zero-order valence-electron chi connectivity index (χ0n) is 10.4. The summed E-state index contributed by atoms with van der Waals surface area (Å²) in [5, 5.41) is 0. The van der Waals surface area contributed by atoms with Crippen LogP contribution in [0.3, 0.4) is 0 Å². The van der Waals surface area contributed by atoms with Crippen molar-refractivity contribution < 1.29 is 9.53 Å². The van der Waals surface area contributed by atoms with Crippen LogP contribution in [0, 0.1) is 0 Å². The summed E-state index contributed by atoms with van der Waals surface area (Å²) in [6, 6.07) is 9.85. The second kappa shape index (κ2) is 4.74. The monoisotopic (exact) mass is 230 g/mol. The number of ketones is 1. The molecule has 0 radical (unpaired) electrons. The first-order valence-electron chi connectivity index (χ1n) is 6.05. The molecule has 0 unspecified atom stereocenters. The number of Topliss-reactive ketones (excluding diaryl/α,β-unsaturated/α-hetero) is 1. The average Bonchev–Trinajstić information content (AvgIpc) is 2.40. The van der Waals surface area contributed by atoms with Crippen molar-refractivity contribution in [2.75, 3.05) is 6.61 Å². The molecule has 0 spiro atoms. The first-order chi connectivity index (χ1) is 8.12. The maximum Gasteiger partial charge on any atom is 0.206 e. The molecule has 0 amide bonds. The minimum absolute atomic E-state index is 0.0726. The van der Waals surface area contributed by atoms with Gasteiger partial charge in [-0.25, -0.2) is 0 Å². The second-order valence-electron chi connectivity index (χ2n) is 4.88. The predicted octanol–water partition coefficient (Wildman–Crippen LogP) is 3.23. The van der Waals surface area contributed by atoms with Gasteiger partial charge in [0.15, 0.2) is 5.76 Å². The summed E-state index contributed by atoms with van der Waals surface area (Å²) >= 11 is 0. The molecule has 0 saturated heterocycles. The summed E-state index contributed by atoms with van der Waals surface area (Å²) in [6.07, 6.45) is 3.85. The van der Waals surface area contributed by atoms with Gasteiger partial charge in [-0.05, 0) is 38.3 Å². The highest BCUT2D eigenvalue weighted by molar-refractivity contribution is 6.01. The van der Waals surface area contributed by atoms with E-state index in [0.29, 0.717) is 12.4 Å². The molecule has 1 aliphatic heterocycles. The third kappa shape index (κ3) is 2.41. The van der Waals surface area contributed by atoms with Crippen LogP contribution in [0.15, 0.2) is 42.2 Å². The summed E-state index contributed by atoms with van der Waals surface area (Å²) in [4.78, 5) is 12.4. The highest BCUT2D eigenvalue weighted by Gasteiger charge is 2.33. The van der Waals surface area contributed by atoms with E-state index in [1.807, 2.05) is 50.3 Å². The quantitative estimate of drug-likeness (QED) is 0.797. The Morgan fingerprint density at radius 1 is 1.24 bits per heavy atom. The lowest BCUT2D eigenvalue weighted by molar-refractivity contribution is -0.123. The largest absolute Gasteiger partial charge is 0.490 e. The van der Waals surface area contributed by atoms with Crippen LogP contribution in [0.5, 0.6) is 0 Å². The van der Waals surface area contributed by atoms with Crippen LogP contribution >= 0.6 is 0 Å². The summed E-state index contributed by atoms with van der Waals surface area (Å²) in [7, 11) is 0. The lowest BCUT2D eigenvalue weighted by atomic mass is 9.79. The highest BCUT2D eigenvalue weighted by Crippen LogP contribution is 2.28. The summed E-state index contributed by atoms with van der Waals surface area (Å²) in [5.74, 6) is 0.605. The van der Waals surface area contributed by atoms with Gasteiger partial charge in [-0.3, -0.25) is 4.79 Å². The molecule has 2 rings (SSSR count). The maximum atomic E-state index is 12.4. The molecule has 2 heteroatoms. The Labute approximate surface area is 102 Å². The molecule has 0 bridgehead atoms. The van der Waals surface area contributed by atoms with Crippen LogP contribution in [-0.2, 0) is 14.9 Å². The number of ether oxygens (including phenoxy) is 1. The molecule has 0 atom stereocenters. The van der Waals surface area contributed by atoms with E-state index < -0.39 is 5.41 Å². The Bertz CT molecular complexity index is 429. The smallest absolute Gasteiger partial charge is 0.206 e. The Morgan fingerprint density at radius 2 is 1.94 bits per heavy atom. The van der Waals surface area contributed by atoms with Crippen LogP contribution in [0.2, 0.25) is 0 Å². The van der Waals surface area contributed by atoms with Gasteiger partial charge in [0, 0.05) is 0 Å². The topological polar surface area (TPSA) is 26.3 Å². The molecule has 0 fully saturated rings. The molecular formula is C15H18O2. The molecule has 90 valence electrons. The van der Waals surface area contributed by atoms with Crippen molar-refractivity contribution in [1.29, 1.82) is 0 Å². The first-order valence-corrected chi connectivity index (χ1v) is 6.05. The van der Waals surface area contributed by atoms with Gasteiger partial charge >= 0.3 is 0 Å². The SMILES string of the molecule is CC(C)(C(=O)C1=CCCCO1)c1ccccc1. The van der Waals surface area contributed by atoms with Crippen LogP contribution in [0.1, 0.15) is 32.3 Å². The molecule has 17 heavy (non-hydrogen) atoms. The molecular weight excluding hydrogens is 212 g/mol. The molecule has 0 aliphatic carbocycles. The Morgan fingerprint density at radius 3 is 2.53 bits per heavy atom. The van der Waals surface area contributed by atoms with E-state index in [4.69, 9.17) is 4.74 Å². The van der Waals surface area contributed by atoms with E-state index in [9.17, 15) is 4.79 Å². The summed E-state index contributed by atoms with van der Waals surface area (Å²) < 4.78 is 5.46. The number of hydrogen-bond donors (Lipinski definition) is 0. The van der Waals surface area contributed by atoms with Gasteiger partial charge in [0.1, 0.15) is 0 Å². The van der Waals surface area contributed by atoms with Crippen LogP contribution in [0.4, 0.5) is 0 Å². The number of carbonyl (C=O) groups is 1. The summed E-state index contributed by atoms with van der Waals surface area (Å²) in [5.41, 5.74) is 0.504. The fourth-order valence-corrected chi connectivity index (χ4v) is 2.01. The number of allylic oxidation sites excluding steroid dienone is 2. The molecule has 1 aromatic rings. The second-order valence-corrected chi connectivity index (χ2v) is 4.88. The highest BCUT2D eigenvalue weighted by atomic mass is 16.5. The standard InChI is InChI=1S/C15H18O2/c1-15(2,12-8-4-3-5-9-12)14(16)13-10-6-7-11-17-13/h3-5,8-10H,6-7,11H2,1-2H3. The van der Waals surface area contributed by atoms with E-state index in [1.54, 1.807) is 0 Å². The van der Waals surface area contributed by atoms with Crippen molar-refractivity contribution in [1.82, 2.24) is 0 Å². The maximum absolute atomic E-state index is 12.4. The molecule has 1 heterocycles. The van der Waals surface area contributed by atoms with E-state index in [0.717, 1.165) is 18.4 Å². The van der Waals surface area contributed by atoms with Gasteiger partial charge in [-0.2, -0.15) is 0 Å². The minimum Gasteiger partial charge on any atom is -0.490 e. The first kappa shape index (κ1) is 11.9. The normalized spacial score (nSPS) is 16.0. The van der Waals surface area contributed by atoms with E-state index in [-0.39, 0.29) is 5.78 Å². The van der Waals surface area contributed by atoms with Crippen LogP contribution in [-0.4, -0.2) is 12.4 Å². The Hall–Kier alpha value is -1.57. The van der Waals surface area contributed by atoms with Crippen molar-refractivity contribution in [2.45, 2.75) is 32.1 Å². The number of hydrogen-bond acceptors (Lipinski definition) is 2. The number of rotatable bonds is 3. The van der Waals surface area contributed by atoms with E-state index >= 15 is 0 Å². The zero-order chi connectivity index (χ0) is 12.3. The third-order valence-corrected chi connectivity index (χ3v) is 3.22. The zero-order valence-corrected chi connectivity index (χ0v) is 10.4. The fraction of sp³-hybridized carbons (Fsp3) is 0.400. The van der Waals surface area contributed by atoms with Crippen LogP contribution in [0.25, 0.3) is 0 Å². The fourth-order valence-electron chi connectivity index (χ4n) is 2.01. The van der Waals surface area contributed by atoms with Gasteiger partial charge < -0.3 is 4.74 Å². The van der Waals surface area contributed by atoms with Gasteiger partial charge in [-0.1, -0.05) is 30.3 Å². The average molecular weight is 230 g/mol. The van der Waals surface area contributed by atoms with Gasteiger partial charge in [-0.15, -0.1) is 0 Å². The molecule has 0 saturated carbocycles. The number of benzene rings is 1. The third-order valence-electron chi connectivity index (χ3n) is 3.22. The molecule has 1 aliphatic rings. The van der Waals surface area contributed by atoms with Gasteiger partial charge in [0.05, 0.1) is 12.0 Å².